The summed E-state index contributed by atoms with van der Waals surface area (Å²) in [6.45, 7) is 1.60. The van der Waals surface area contributed by atoms with E-state index >= 15 is 0 Å². The summed E-state index contributed by atoms with van der Waals surface area (Å²) in [5, 5.41) is 5.35. The maximum atomic E-state index is 13.3. The molecule has 1 heterocycles. The van der Waals surface area contributed by atoms with Crippen LogP contribution in [-0.4, -0.2) is 15.9 Å². The van der Waals surface area contributed by atoms with Crippen LogP contribution in [0.2, 0.25) is 0 Å². The van der Waals surface area contributed by atoms with Crippen LogP contribution >= 0.6 is 34.8 Å². The Balaban J connectivity index is 2.16. The number of benzene rings is 1. The van der Waals surface area contributed by atoms with Crippen molar-refractivity contribution in [2.75, 3.05) is 5.32 Å². The Morgan fingerprint density at radius 2 is 2.05 bits per heavy atom. The highest BCUT2D eigenvalue weighted by atomic mass is 35.6. The number of rotatable bonds is 4. The minimum Gasteiger partial charge on any atom is -0.459 e. The van der Waals surface area contributed by atoms with Crippen molar-refractivity contribution in [3.63, 3.8) is 0 Å². The fraction of sp³-hybridized carbons (Fsp3) is 0.214. The number of hydrogen-bond donors (Lipinski definition) is 2. The van der Waals surface area contributed by atoms with E-state index in [4.69, 9.17) is 39.2 Å². The van der Waals surface area contributed by atoms with Gasteiger partial charge in [0.15, 0.2) is 5.76 Å². The number of aryl methyl sites for hydroxylation is 1. The van der Waals surface area contributed by atoms with Crippen LogP contribution < -0.4 is 10.6 Å². The normalized spacial score (nSPS) is 12.8. The Labute approximate surface area is 141 Å². The highest BCUT2D eigenvalue weighted by Crippen LogP contribution is 2.31. The predicted molar refractivity (Wildman–Crippen MR) is 85.0 cm³/mol. The van der Waals surface area contributed by atoms with Crippen molar-refractivity contribution in [3.05, 3.63) is 53.7 Å². The first-order valence-corrected chi connectivity index (χ1v) is 7.34. The predicted octanol–water partition coefficient (Wildman–Crippen LogP) is 4.27. The van der Waals surface area contributed by atoms with Gasteiger partial charge in [0.1, 0.15) is 12.0 Å². The zero-order valence-electron chi connectivity index (χ0n) is 11.4. The SMILES string of the molecule is Cc1cc(NC(NC(=O)c2ccco2)C(Cl)(Cl)Cl)ccc1F. The van der Waals surface area contributed by atoms with Gasteiger partial charge in [0, 0.05) is 5.69 Å². The van der Waals surface area contributed by atoms with E-state index in [1.165, 1.54) is 30.5 Å². The molecule has 0 bridgehead atoms. The van der Waals surface area contributed by atoms with Gasteiger partial charge in [0.25, 0.3) is 5.91 Å². The average molecular weight is 366 g/mol. The van der Waals surface area contributed by atoms with Crippen LogP contribution in [0.15, 0.2) is 41.0 Å². The lowest BCUT2D eigenvalue weighted by molar-refractivity contribution is 0.0914. The fourth-order valence-electron chi connectivity index (χ4n) is 1.71. The molecule has 8 heteroatoms. The maximum absolute atomic E-state index is 13.3. The van der Waals surface area contributed by atoms with Crippen LogP contribution in [0.5, 0.6) is 0 Å². The third-order valence-electron chi connectivity index (χ3n) is 2.82. The van der Waals surface area contributed by atoms with Crippen LogP contribution in [0.3, 0.4) is 0 Å². The lowest BCUT2D eigenvalue weighted by Crippen LogP contribution is -2.49. The molecule has 0 fully saturated rings. The summed E-state index contributed by atoms with van der Waals surface area (Å²) in [4.78, 5) is 12.0. The number of alkyl halides is 3. The molecule has 1 unspecified atom stereocenters. The second kappa shape index (κ2) is 6.77. The fourth-order valence-corrected chi connectivity index (χ4v) is 2.04. The van der Waals surface area contributed by atoms with Crippen molar-refractivity contribution in [1.29, 1.82) is 0 Å². The summed E-state index contributed by atoms with van der Waals surface area (Å²) in [7, 11) is 0. The van der Waals surface area contributed by atoms with E-state index in [1.54, 1.807) is 13.0 Å². The highest BCUT2D eigenvalue weighted by Gasteiger charge is 2.34. The van der Waals surface area contributed by atoms with Crippen molar-refractivity contribution in [2.24, 2.45) is 0 Å². The quantitative estimate of drug-likeness (QED) is 0.628. The molecule has 118 valence electrons. The van der Waals surface area contributed by atoms with Gasteiger partial charge in [-0.2, -0.15) is 0 Å². The highest BCUT2D eigenvalue weighted by molar-refractivity contribution is 6.68. The Kier molecular flexibility index (Phi) is 5.21. The number of carbonyl (C=O) groups excluding carboxylic acids is 1. The molecule has 0 saturated heterocycles. The lowest BCUT2D eigenvalue weighted by atomic mass is 10.2. The number of nitrogens with one attached hydrogen (secondary N) is 2. The summed E-state index contributed by atoms with van der Waals surface area (Å²) in [5.41, 5.74) is 0.917. The molecular weight excluding hydrogens is 354 g/mol. The third kappa shape index (κ3) is 4.29. The van der Waals surface area contributed by atoms with Crippen molar-refractivity contribution in [2.45, 2.75) is 16.9 Å². The molecule has 0 spiro atoms. The summed E-state index contributed by atoms with van der Waals surface area (Å²) < 4.78 is 16.4. The van der Waals surface area contributed by atoms with Crippen molar-refractivity contribution >= 4 is 46.4 Å². The molecule has 0 aliphatic heterocycles. The van der Waals surface area contributed by atoms with Crippen LogP contribution in [0.4, 0.5) is 10.1 Å². The minimum atomic E-state index is -1.83. The molecule has 1 atom stereocenters. The van der Waals surface area contributed by atoms with Gasteiger partial charge in [0.2, 0.25) is 3.79 Å². The van der Waals surface area contributed by atoms with E-state index in [-0.39, 0.29) is 11.6 Å². The Morgan fingerprint density at radius 1 is 1.32 bits per heavy atom. The molecule has 4 nitrogen and oxygen atoms in total. The van der Waals surface area contributed by atoms with Crippen LogP contribution in [0.25, 0.3) is 0 Å². The first-order chi connectivity index (χ1) is 10.3. The van der Waals surface area contributed by atoms with Gasteiger partial charge in [-0.15, -0.1) is 0 Å². The number of hydrogen-bond acceptors (Lipinski definition) is 3. The molecule has 0 radical (unpaired) electrons. The number of anilines is 1. The monoisotopic (exact) mass is 364 g/mol. The lowest BCUT2D eigenvalue weighted by Gasteiger charge is -2.27. The molecule has 2 N–H and O–H groups in total. The number of furan rings is 1. The molecule has 2 aromatic rings. The first kappa shape index (κ1) is 16.9. The van der Waals surface area contributed by atoms with E-state index in [2.05, 4.69) is 10.6 Å². The Hall–Kier alpha value is -1.43. The van der Waals surface area contributed by atoms with E-state index in [1.807, 2.05) is 0 Å². The average Bonchev–Trinajstić information content (AvgIpc) is 2.95. The van der Waals surface area contributed by atoms with Crippen LogP contribution in [-0.2, 0) is 0 Å². The van der Waals surface area contributed by atoms with Gasteiger partial charge < -0.3 is 15.1 Å². The topological polar surface area (TPSA) is 54.3 Å². The number of halogens is 4. The summed E-state index contributed by atoms with van der Waals surface area (Å²) >= 11 is 17.6. The van der Waals surface area contributed by atoms with Gasteiger partial charge in [-0.1, -0.05) is 34.8 Å². The molecule has 22 heavy (non-hydrogen) atoms. The molecule has 2 rings (SSSR count). The first-order valence-electron chi connectivity index (χ1n) is 6.21. The summed E-state index contributed by atoms with van der Waals surface area (Å²) in [5.74, 6) is -0.820. The summed E-state index contributed by atoms with van der Waals surface area (Å²) in [6, 6.07) is 7.34. The van der Waals surface area contributed by atoms with Crippen molar-refractivity contribution < 1.29 is 13.6 Å². The second-order valence-electron chi connectivity index (χ2n) is 4.53. The number of carbonyl (C=O) groups is 1. The van der Waals surface area contributed by atoms with Gasteiger partial charge in [-0.3, -0.25) is 4.79 Å². The second-order valence-corrected chi connectivity index (χ2v) is 6.90. The smallest absolute Gasteiger partial charge is 0.288 e. The number of amides is 1. The van der Waals surface area contributed by atoms with Crippen molar-refractivity contribution in [1.82, 2.24) is 5.32 Å². The standard InChI is InChI=1S/C14H12Cl3FN2O2/c1-8-7-9(4-5-10(8)18)19-13(14(15,16)17)20-12(21)11-3-2-6-22-11/h2-7,13,19H,1H3,(H,20,21). The largest absolute Gasteiger partial charge is 0.459 e. The molecule has 1 amide bonds. The van der Waals surface area contributed by atoms with Gasteiger partial charge >= 0.3 is 0 Å². The zero-order chi connectivity index (χ0) is 16.3. The Morgan fingerprint density at radius 3 is 2.59 bits per heavy atom. The third-order valence-corrected chi connectivity index (χ3v) is 3.47. The molecule has 1 aromatic heterocycles. The van der Waals surface area contributed by atoms with E-state index in [0.717, 1.165) is 0 Å². The molecule has 1 aromatic carbocycles. The molecule has 0 aliphatic carbocycles. The minimum absolute atomic E-state index is 0.0799. The Bertz CT molecular complexity index is 657. The van der Waals surface area contributed by atoms with E-state index < -0.39 is 15.9 Å². The van der Waals surface area contributed by atoms with Crippen molar-refractivity contribution in [3.8, 4) is 0 Å². The zero-order valence-corrected chi connectivity index (χ0v) is 13.6. The van der Waals surface area contributed by atoms with Gasteiger partial charge in [-0.05, 0) is 42.8 Å². The van der Waals surface area contributed by atoms with E-state index in [0.29, 0.717) is 11.3 Å². The molecule has 0 aliphatic rings. The molecular formula is C14H12Cl3FN2O2. The van der Waals surface area contributed by atoms with Crippen LogP contribution in [0, 0.1) is 12.7 Å². The maximum Gasteiger partial charge on any atom is 0.288 e. The van der Waals surface area contributed by atoms with Gasteiger partial charge in [0.05, 0.1) is 6.26 Å². The van der Waals surface area contributed by atoms with E-state index in [9.17, 15) is 9.18 Å². The van der Waals surface area contributed by atoms with Crippen LogP contribution in [0.1, 0.15) is 16.1 Å². The molecule has 0 saturated carbocycles. The summed E-state index contributed by atoms with van der Waals surface area (Å²) in [6.07, 6.45) is 0.315. The van der Waals surface area contributed by atoms with Gasteiger partial charge in [-0.25, -0.2) is 4.39 Å².